The molecule has 0 unspecified atom stereocenters. The Morgan fingerprint density at radius 1 is 1.26 bits per heavy atom. The third kappa shape index (κ3) is 6.06. The smallest absolute Gasteiger partial charge is 0.327 e. The first-order chi connectivity index (χ1) is 18.5. The van der Waals surface area contributed by atoms with E-state index in [9.17, 15) is 18.4 Å². The van der Waals surface area contributed by atoms with Gasteiger partial charge in [-0.3, -0.25) is 9.69 Å². The maximum absolute atomic E-state index is 12.9. The highest BCUT2D eigenvalue weighted by Gasteiger charge is 2.34. The Labute approximate surface area is 234 Å². The van der Waals surface area contributed by atoms with Crippen LogP contribution in [0.15, 0.2) is 24.5 Å². The van der Waals surface area contributed by atoms with Crippen molar-refractivity contribution in [2.45, 2.75) is 58.3 Å². The predicted octanol–water partition coefficient (Wildman–Crippen LogP) is 5.05. The molecule has 2 aromatic heterocycles. The largest absolute Gasteiger partial charge is 0.369 e. The van der Waals surface area contributed by atoms with Gasteiger partial charge in [0.25, 0.3) is 6.43 Å². The molecule has 2 saturated heterocycles. The summed E-state index contributed by atoms with van der Waals surface area (Å²) in [5, 5.41) is 4.03. The molecule has 5 rings (SSSR count). The van der Waals surface area contributed by atoms with Gasteiger partial charge in [0.1, 0.15) is 6.33 Å². The molecule has 2 fully saturated rings. The van der Waals surface area contributed by atoms with Crippen LogP contribution < -0.4 is 5.32 Å². The number of morpholine rings is 1. The van der Waals surface area contributed by atoms with Gasteiger partial charge in [-0.1, -0.05) is 11.6 Å². The number of aryl methyl sites for hydroxylation is 1. The Morgan fingerprint density at radius 3 is 2.79 bits per heavy atom. The Hall–Kier alpha value is -2.73. The molecule has 0 radical (unpaired) electrons. The van der Waals surface area contributed by atoms with Gasteiger partial charge >= 0.3 is 6.03 Å². The number of ether oxygens (including phenoxy) is 1. The standard InChI is InChI=1S/C27H30ClF2N5O3S/c1-15-6-16(28)7-20(19(15)8-17-10-31-13-27(2,3)38-17)24-25-21(32-14-33-24)9-18(39-25)11-35-23(36)4-5-34(26(35)37)12-22(29)30/h6-7,9,14,17,22,31H,4-5,8,10-13H2,1-3H3/t17-/m1/s1. The van der Waals surface area contributed by atoms with E-state index in [1.54, 1.807) is 0 Å². The van der Waals surface area contributed by atoms with Crippen molar-refractivity contribution in [2.24, 2.45) is 0 Å². The summed E-state index contributed by atoms with van der Waals surface area (Å²) in [6.45, 7) is 6.93. The van der Waals surface area contributed by atoms with Crippen LogP contribution in [0.2, 0.25) is 5.02 Å². The molecule has 4 heterocycles. The molecule has 0 bridgehead atoms. The van der Waals surface area contributed by atoms with Gasteiger partial charge in [0.2, 0.25) is 5.91 Å². The molecule has 1 N–H and O–H groups in total. The van der Waals surface area contributed by atoms with Gasteiger partial charge in [0, 0.05) is 47.9 Å². The fraction of sp³-hybridized carbons (Fsp3) is 0.481. The molecule has 8 nitrogen and oxygen atoms in total. The number of nitrogens with one attached hydrogen (secondary N) is 1. The summed E-state index contributed by atoms with van der Waals surface area (Å²) in [5.41, 5.74) is 4.07. The van der Waals surface area contributed by atoms with Gasteiger partial charge in [-0.25, -0.2) is 23.5 Å². The van der Waals surface area contributed by atoms with E-state index < -0.39 is 19.0 Å². The molecular formula is C27H30ClF2N5O3S. The minimum Gasteiger partial charge on any atom is -0.369 e. The molecule has 2 aliphatic heterocycles. The number of rotatable bonds is 7. The number of urea groups is 1. The van der Waals surface area contributed by atoms with Crippen molar-refractivity contribution < 1.29 is 23.1 Å². The van der Waals surface area contributed by atoms with Crippen LogP contribution in [0.1, 0.15) is 36.3 Å². The second-order valence-electron chi connectivity index (χ2n) is 10.6. The highest BCUT2D eigenvalue weighted by Crippen LogP contribution is 2.38. The van der Waals surface area contributed by atoms with Crippen molar-refractivity contribution in [3.05, 3.63) is 45.6 Å². The molecule has 12 heteroatoms. The van der Waals surface area contributed by atoms with Gasteiger partial charge < -0.3 is 15.0 Å². The Bertz CT molecular complexity index is 1420. The lowest BCUT2D eigenvalue weighted by Gasteiger charge is -2.37. The quantitative estimate of drug-likeness (QED) is 0.423. The van der Waals surface area contributed by atoms with Gasteiger partial charge in [-0.15, -0.1) is 11.3 Å². The average molecular weight is 578 g/mol. The van der Waals surface area contributed by atoms with Crippen LogP contribution in [-0.2, 0) is 22.5 Å². The van der Waals surface area contributed by atoms with Gasteiger partial charge in [-0.2, -0.15) is 0 Å². The van der Waals surface area contributed by atoms with E-state index in [1.807, 2.05) is 25.1 Å². The number of hydrogen-bond donors (Lipinski definition) is 1. The molecule has 208 valence electrons. The number of nitrogens with zero attached hydrogens (tertiary/aromatic N) is 4. The minimum atomic E-state index is -2.66. The molecule has 1 aromatic carbocycles. The van der Waals surface area contributed by atoms with E-state index in [0.29, 0.717) is 27.5 Å². The first kappa shape index (κ1) is 27.8. The Kier molecular flexibility index (Phi) is 7.87. The van der Waals surface area contributed by atoms with Crippen molar-refractivity contribution in [2.75, 3.05) is 26.2 Å². The normalized spacial score (nSPS) is 19.9. The fourth-order valence-electron chi connectivity index (χ4n) is 5.23. The zero-order valence-corrected chi connectivity index (χ0v) is 23.5. The van der Waals surface area contributed by atoms with E-state index in [1.165, 1.54) is 17.7 Å². The lowest BCUT2D eigenvalue weighted by molar-refractivity contribution is -0.131. The fourth-order valence-corrected chi connectivity index (χ4v) is 6.60. The van der Waals surface area contributed by atoms with Crippen LogP contribution >= 0.6 is 22.9 Å². The summed E-state index contributed by atoms with van der Waals surface area (Å²) >= 11 is 7.88. The predicted molar refractivity (Wildman–Crippen MR) is 146 cm³/mol. The lowest BCUT2D eigenvalue weighted by atomic mass is 9.93. The minimum absolute atomic E-state index is 0.00511. The molecule has 3 amide bonds. The van der Waals surface area contributed by atoms with Crippen LogP contribution in [0, 0.1) is 6.92 Å². The van der Waals surface area contributed by atoms with Crippen LogP contribution in [0.5, 0.6) is 0 Å². The number of halogens is 3. The highest BCUT2D eigenvalue weighted by molar-refractivity contribution is 7.19. The summed E-state index contributed by atoms with van der Waals surface area (Å²) in [6.07, 6.45) is -0.542. The maximum atomic E-state index is 12.9. The van der Waals surface area contributed by atoms with Crippen LogP contribution in [0.4, 0.5) is 13.6 Å². The molecule has 2 aliphatic rings. The van der Waals surface area contributed by atoms with E-state index >= 15 is 0 Å². The number of benzene rings is 1. The molecule has 1 atom stereocenters. The molecule has 39 heavy (non-hydrogen) atoms. The van der Waals surface area contributed by atoms with E-state index in [4.69, 9.17) is 16.3 Å². The van der Waals surface area contributed by atoms with Gasteiger partial charge in [0.15, 0.2) is 0 Å². The number of amides is 3. The van der Waals surface area contributed by atoms with Crippen molar-refractivity contribution in [3.8, 4) is 11.3 Å². The van der Waals surface area contributed by atoms with Crippen molar-refractivity contribution in [1.82, 2.24) is 25.1 Å². The zero-order valence-electron chi connectivity index (χ0n) is 22.0. The third-order valence-corrected chi connectivity index (χ3v) is 8.30. The number of aromatic nitrogens is 2. The summed E-state index contributed by atoms with van der Waals surface area (Å²) in [6, 6.07) is 4.93. The monoisotopic (exact) mass is 577 g/mol. The number of alkyl halides is 2. The lowest BCUT2D eigenvalue weighted by Crippen LogP contribution is -2.52. The second-order valence-corrected chi connectivity index (χ2v) is 12.2. The Balaban J connectivity index is 1.48. The summed E-state index contributed by atoms with van der Waals surface area (Å²) in [4.78, 5) is 37.1. The molecule has 0 spiro atoms. The summed E-state index contributed by atoms with van der Waals surface area (Å²) in [5.74, 6) is -0.383. The third-order valence-electron chi connectivity index (χ3n) is 6.97. The van der Waals surface area contributed by atoms with Crippen molar-refractivity contribution in [3.63, 3.8) is 0 Å². The topological polar surface area (TPSA) is 87.7 Å². The van der Waals surface area contributed by atoms with Crippen LogP contribution in [0.3, 0.4) is 0 Å². The summed E-state index contributed by atoms with van der Waals surface area (Å²) < 4.78 is 33.0. The zero-order chi connectivity index (χ0) is 27.9. The molecular weight excluding hydrogens is 548 g/mol. The summed E-state index contributed by atoms with van der Waals surface area (Å²) in [7, 11) is 0. The molecule has 0 aliphatic carbocycles. The van der Waals surface area contributed by atoms with Gasteiger partial charge in [-0.05, 0) is 50.1 Å². The number of carbonyl (C=O) groups is 2. The van der Waals surface area contributed by atoms with Gasteiger partial charge in [0.05, 0.1) is 40.7 Å². The van der Waals surface area contributed by atoms with Crippen LogP contribution in [-0.4, -0.2) is 76.0 Å². The molecule has 3 aromatic rings. The first-order valence-corrected chi connectivity index (χ1v) is 14.0. The van der Waals surface area contributed by atoms with E-state index in [2.05, 4.69) is 29.1 Å². The second kappa shape index (κ2) is 11.0. The number of thiophene rings is 1. The molecule has 0 saturated carbocycles. The number of fused-ring (bicyclic) bond motifs is 1. The SMILES string of the molecule is Cc1cc(Cl)cc(-c2ncnc3cc(CN4C(=O)CCN(CC(F)F)C4=O)sc23)c1C[C@@H]1CNCC(C)(C)O1. The van der Waals surface area contributed by atoms with Crippen LogP contribution in [0.25, 0.3) is 21.5 Å². The van der Waals surface area contributed by atoms with Crippen molar-refractivity contribution >= 4 is 45.1 Å². The number of imide groups is 1. The van der Waals surface area contributed by atoms with Crippen molar-refractivity contribution in [1.29, 1.82) is 0 Å². The number of hydrogen-bond acceptors (Lipinski definition) is 7. The first-order valence-electron chi connectivity index (χ1n) is 12.8. The maximum Gasteiger partial charge on any atom is 0.327 e. The van der Waals surface area contributed by atoms with E-state index in [0.717, 1.165) is 44.3 Å². The average Bonchev–Trinajstić information content (AvgIpc) is 3.27. The number of carbonyl (C=O) groups excluding carboxylic acids is 2. The van der Waals surface area contributed by atoms with E-state index in [-0.39, 0.29) is 37.1 Å². The Morgan fingerprint density at radius 2 is 2.05 bits per heavy atom. The highest BCUT2D eigenvalue weighted by atomic mass is 35.5.